The molecule has 0 bridgehead atoms. The number of rotatable bonds is 4. The number of nitrogens with one attached hydrogen (secondary N) is 1. The van der Waals surface area contributed by atoms with Crippen molar-refractivity contribution in [3.8, 4) is 0 Å². The van der Waals surface area contributed by atoms with Gasteiger partial charge >= 0.3 is 0 Å². The lowest BCUT2D eigenvalue weighted by molar-refractivity contribution is 0.165. The fourth-order valence-electron chi connectivity index (χ4n) is 3.75. The Morgan fingerprint density at radius 3 is 2.95 bits per heavy atom. The summed E-state index contributed by atoms with van der Waals surface area (Å²) in [4.78, 5) is 7.52. The number of piperidine rings is 1. The number of fused-ring (bicyclic) bond motifs is 1. The standard InChI is InChI=1S/C17H30N4/c1-13(2)10-17-19-15-11-18-8-7-16(15)21(17)12-14-6-4-5-9-20(14)3/h13-14,18H,4-12H2,1-3H3. The van der Waals surface area contributed by atoms with Gasteiger partial charge in [0, 0.05) is 44.2 Å². The number of likely N-dealkylation sites (N-methyl/N-ethyl adjacent to an activating group) is 1. The fourth-order valence-corrected chi connectivity index (χ4v) is 3.75. The van der Waals surface area contributed by atoms with Gasteiger partial charge in [0.15, 0.2) is 0 Å². The zero-order valence-electron chi connectivity index (χ0n) is 13.9. The summed E-state index contributed by atoms with van der Waals surface area (Å²) in [6.45, 7) is 9.03. The van der Waals surface area contributed by atoms with E-state index in [4.69, 9.17) is 4.98 Å². The Morgan fingerprint density at radius 1 is 1.33 bits per heavy atom. The molecule has 4 nitrogen and oxygen atoms in total. The first kappa shape index (κ1) is 15.0. The summed E-state index contributed by atoms with van der Waals surface area (Å²) < 4.78 is 2.57. The highest BCUT2D eigenvalue weighted by molar-refractivity contribution is 5.21. The van der Waals surface area contributed by atoms with Crippen molar-refractivity contribution < 1.29 is 0 Å². The molecule has 0 spiro atoms. The van der Waals surface area contributed by atoms with Crippen LogP contribution in [0.25, 0.3) is 0 Å². The predicted molar refractivity (Wildman–Crippen MR) is 86.4 cm³/mol. The molecule has 4 heteroatoms. The van der Waals surface area contributed by atoms with Gasteiger partial charge in [-0.25, -0.2) is 4.98 Å². The second-order valence-electron chi connectivity index (χ2n) is 7.19. The van der Waals surface area contributed by atoms with E-state index in [0.717, 1.165) is 32.5 Å². The van der Waals surface area contributed by atoms with Gasteiger partial charge in [-0.3, -0.25) is 0 Å². The molecular weight excluding hydrogens is 260 g/mol. The lowest BCUT2D eigenvalue weighted by atomic mass is 10.0. The molecule has 1 aromatic rings. The number of hydrogen-bond acceptors (Lipinski definition) is 3. The highest BCUT2D eigenvalue weighted by Crippen LogP contribution is 2.23. The quantitative estimate of drug-likeness (QED) is 0.923. The van der Waals surface area contributed by atoms with Crippen LogP contribution in [0.3, 0.4) is 0 Å². The number of hydrogen-bond donors (Lipinski definition) is 1. The number of nitrogens with zero attached hydrogens (tertiary/aromatic N) is 3. The van der Waals surface area contributed by atoms with Crippen LogP contribution in [0, 0.1) is 5.92 Å². The van der Waals surface area contributed by atoms with Crippen LogP contribution in [-0.4, -0.2) is 40.6 Å². The minimum atomic E-state index is 0.671. The lowest BCUT2D eigenvalue weighted by Crippen LogP contribution is -2.40. The van der Waals surface area contributed by atoms with E-state index in [2.05, 4.69) is 35.7 Å². The molecule has 0 amide bonds. The Morgan fingerprint density at radius 2 is 2.19 bits per heavy atom. The van der Waals surface area contributed by atoms with E-state index in [0.29, 0.717) is 12.0 Å². The highest BCUT2D eigenvalue weighted by Gasteiger charge is 2.25. The van der Waals surface area contributed by atoms with E-state index in [-0.39, 0.29) is 0 Å². The van der Waals surface area contributed by atoms with Gasteiger partial charge in [-0.1, -0.05) is 20.3 Å². The van der Waals surface area contributed by atoms with E-state index >= 15 is 0 Å². The molecule has 21 heavy (non-hydrogen) atoms. The van der Waals surface area contributed by atoms with E-state index in [1.165, 1.54) is 43.0 Å². The largest absolute Gasteiger partial charge is 0.330 e. The maximum absolute atomic E-state index is 4.96. The normalized spacial score (nSPS) is 23.5. The van der Waals surface area contributed by atoms with Gasteiger partial charge in [-0.2, -0.15) is 0 Å². The Kier molecular flexibility index (Phi) is 4.65. The van der Waals surface area contributed by atoms with Crippen LogP contribution in [0.5, 0.6) is 0 Å². The third kappa shape index (κ3) is 3.32. The molecule has 1 aromatic heterocycles. The molecule has 1 saturated heterocycles. The molecule has 3 rings (SSSR count). The van der Waals surface area contributed by atoms with Crippen molar-refractivity contribution in [3.05, 3.63) is 17.2 Å². The maximum atomic E-state index is 4.96. The molecule has 0 radical (unpaired) electrons. The lowest BCUT2D eigenvalue weighted by Gasteiger charge is -2.33. The molecule has 3 heterocycles. The SMILES string of the molecule is CC(C)Cc1nc2c(n1CC1CCCCN1C)CCNC2. The van der Waals surface area contributed by atoms with Crippen LogP contribution in [0.2, 0.25) is 0 Å². The Balaban J connectivity index is 1.85. The van der Waals surface area contributed by atoms with Gasteiger partial charge in [0.05, 0.1) is 5.69 Å². The van der Waals surface area contributed by atoms with Crippen molar-refractivity contribution in [2.75, 3.05) is 20.1 Å². The average Bonchev–Trinajstić information content (AvgIpc) is 2.78. The monoisotopic (exact) mass is 290 g/mol. The number of aromatic nitrogens is 2. The van der Waals surface area contributed by atoms with Gasteiger partial charge in [0.2, 0.25) is 0 Å². The molecule has 1 atom stereocenters. The van der Waals surface area contributed by atoms with E-state index in [9.17, 15) is 0 Å². The van der Waals surface area contributed by atoms with Gasteiger partial charge in [-0.15, -0.1) is 0 Å². The molecule has 2 aliphatic rings. The van der Waals surface area contributed by atoms with Gasteiger partial charge < -0.3 is 14.8 Å². The molecule has 1 unspecified atom stereocenters. The summed E-state index contributed by atoms with van der Waals surface area (Å²) in [6, 6.07) is 0.692. The Bertz CT molecular complexity index is 477. The van der Waals surface area contributed by atoms with Crippen LogP contribution < -0.4 is 5.32 Å². The Hall–Kier alpha value is -0.870. The molecule has 0 saturated carbocycles. The topological polar surface area (TPSA) is 33.1 Å². The second kappa shape index (κ2) is 6.49. The highest BCUT2D eigenvalue weighted by atomic mass is 15.2. The first-order chi connectivity index (χ1) is 10.1. The van der Waals surface area contributed by atoms with Crippen molar-refractivity contribution in [2.45, 2.75) is 65.1 Å². The summed E-state index contributed by atoms with van der Waals surface area (Å²) in [7, 11) is 2.29. The predicted octanol–water partition coefficient (Wildman–Crippen LogP) is 2.21. The van der Waals surface area contributed by atoms with Gasteiger partial charge in [-0.05, 0) is 32.4 Å². The smallest absolute Gasteiger partial charge is 0.109 e. The van der Waals surface area contributed by atoms with E-state index in [1.807, 2.05) is 0 Å². The van der Waals surface area contributed by atoms with Crippen molar-refractivity contribution >= 4 is 0 Å². The van der Waals surface area contributed by atoms with Crippen LogP contribution in [0.15, 0.2) is 0 Å². The summed E-state index contributed by atoms with van der Waals surface area (Å²) in [5, 5.41) is 3.46. The minimum absolute atomic E-state index is 0.671. The van der Waals surface area contributed by atoms with Crippen LogP contribution >= 0.6 is 0 Å². The van der Waals surface area contributed by atoms with E-state index in [1.54, 1.807) is 0 Å². The maximum Gasteiger partial charge on any atom is 0.109 e. The summed E-state index contributed by atoms with van der Waals surface area (Å²) >= 11 is 0. The summed E-state index contributed by atoms with van der Waals surface area (Å²) in [5.41, 5.74) is 2.80. The average molecular weight is 290 g/mol. The fraction of sp³-hybridized carbons (Fsp3) is 0.824. The van der Waals surface area contributed by atoms with Crippen LogP contribution in [0.1, 0.15) is 50.3 Å². The first-order valence-electron chi connectivity index (χ1n) is 8.63. The third-order valence-electron chi connectivity index (χ3n) is 4.97. The molecular formula is C17H30N4. The molecule has 2 aliphatic heterocycles. The number of likely N-dealkylation sites (tertiary alicyclic amines) is 1. The molecule has 1 fully saturated rings. The van der Waals surface area contributed by atoms with Crippen LogP contribution in [0.4, 0.5) is 0 Å². The summed E-state index contributed by atoms with van der Waals surface area (Å²) in [6.07, 6.45) is 6.31. The van der Waals surface area contributed by atoms with Crippen LogP contribution in [-0.2, 0) is 25.9 Å². The molecule has 0 aromatic carbocycles. The molecule has 1 N–H and O–H groups in total. The van der Waals surface area contributed by atoms with E-state index < -0.39 is 0 Å². The Labute approximate surface area is 128 Å². The zero-order chi connectivity index (χ0) is 14.8. The molecule has 0 aliphatic carbocycles. The zero-order valence-corrected chi connectivity index (χ0v) is 13.9. The minimum Gasteiger partial charge on any atom is -0.330 e. The second-order valence-corrected chi connectivity index (χ2v) is 7.19. The van der Waals surface area contributed by atoms with Gasteiger partial charge in [0.25, 0.3) is 0 Å². The van der Waals surface area contributed by atoms with Crippen molar-refractivity contribution in [3.63, 3.8) is 0 Å². The third-order valence-corrected chi connectivity index (χ3v) is 4.97. The van der Waals surface area contributed by atoms with Crippen molar-refractivity contribution in [2.24, 2.45) is 5.92 Å². The first-order valence-corrected chi connectivity index (χ1v) is 8.63. The number of imidazole rings is 1. The molecule has 118 valence electrons. The summed E-state index contributed by atoms with van der Waals surface area (Å²) in [5.74, 6) is 1.99. The van der Waals surface area contributed by atoms with Crippen molar-refractivity contribution in [1.82, 2.24) is 19.8 Å². The van der Waals surface area contributed by atoms with Gasteiger partial charge in [0.1, 0.15) is 5.82 Å². The van der Waals surface area contributed by atoms with Crippen molar-refractivity contribution in [1.29, 1.82) is 0 Å².